The minimum atomic E-state index is 0.361. The van der Waals surface area contributed by atoms with Crippen molar-refractivity contribution in [2.45, 2.75) is 50.5 Å². The van der Waals surface area contributed by atoms with Gasteiger partial charge in [0.25, 0.3) is 0 Å². The van der Waals surface area contributed by atoms with E-state index in [0.717, 1.165) is 69.6 Å². The number of anilines is 1. The molecule has 8 rings (SSSR count). The van der Waals surface area contributed by atoms with Crippen LogP contribution >= 0.6 is 0 Å². The third kappa shape index (κ3) is 3.08. The molecule has 5 heterocycles. The Bertz CT molecular complexity index is 1630. The molecule has 0 bridgehead atoms. The maximum Gasteiger partial charge on any atom is 0.163 e. The zero-order valence-corrected chi connectivity index (χ0v) is 20.2. The van der Waals surface area contributed by atoms with Crippen molar-refractivity contribution in [2.75, 3.05) is 18.4 Å². The number of fused-ring (bicyclic) bond motifs is 4. The number of H-pyrrole nitrogens is 1. The van der Waals surface area contributed by atoms with E-state index in [1.165, 1.54) is 37.7 Å². The van der Waals surface area contributed by atoms with Gasteiger partial charge in [0.1, 0.15) is 11.5 Å². The van der Waals surface area contributed by atoms with Crippen molar-refractivity contribution >= 4 is 38.7 Å². The van der Waals surface area contributed by atoms with Crippen LogP contribution in [-0.4, -0.2) is 44.1 Å². The monoisotopic (exact) mass is 475 g/mol. The first kappa shape index (κ1) is 20.6. The Kier molecular flexibility index (Phi) is 4.41. The summed E-state index contributed by atoms with van der Waals surface area (Å²) in [6, 6.07) is 10.8. The number of para-hydroxylation sites is 1. The van der Waals surface area contributed by atoms with Crippen molar-refractivity contribution in [1.29, 1.82) is 0 Å². The van der Waals surface area contributed by atoms with Crippen LogP contribution < -0.4 is 10.6 Å². The Labute approximate surface area is 209 Å². The summed E-state index contributed by atoms with van der Waals surface area (Å²) >= 11 is 0. The SMILES string of the molecule is c1ccc2c(c1)[nH]c1nccc(-c3nc(NC4CCNCC45CC5)c4c(C5CCC5)cncc4n3)c12. The minimum Gasteiger partial charge on any atom is -0.366 e. The molecular weight excluding hydrogens is 446 g/mol. The Morgan fingerprint density at radius 1 is 0.972 bits per heavy atom. The molecule has 180 valence electrons. The van der Waals surface area contributed by atoms with E-state index in [9.17, 15) is 0 Å². The Morgan fingerprint density at radius 3 is 2.75 bits per heavy atom. The second-order valence-electron chi connectivity index (χ2n) is 10.9. The molecule has 3 N–H and O–H groups in total. The number of aromatic nitrogens is 5. The van der Waals surface area contributed by atoms with Gasteiger partial charge in [0.2, 0.25) is 0 Å². The zero-order chi connectivity index (χ0) is 23.7. The van der Waals surface area contributed by atoms with Crippen molar-refractivity contribution in [3.05, 3.63) is 54.5 Å². The standard InChI is InChI=1S/C29H29N7/c1-2-7-21-18(6-1)24-19(8-13-32-27(24)33-21)26-34-22-15-31-14-20(17-4-3-5-17)25(22)28(36-26)35-23-9-12-30-16-29(23)10-11-29/h1-2,6-8,13-15,17,23,30H,3-5,9-12,16H2,(H,32,33)(H,34,35,36). The van der Waals surface area contributed by atoms with E-state index < -0.39 is 0 Å². The number of nitrogens with zero attached hydrogens (tertiary/aromatic N) is 4. The van der Waals surface area contributed by atoms with Gasteiger partial charge < -0.3 is 15.6 Å². The molecular formula is C29H29N7. The molecule has 0 radical (unpaired) electrons. The molecule has 7 heteroatoms. The minimum absolute atomic E-state index is 0.361. The molecule has 3 fully saturated rings. The number of pyridine rings is 2. The molecule has 36 heavy (non-hydrogen) atoms. The van der Waals surface area contributed by atoms with Crippen LogP contribution in [0.4, 0.5) is 5.82 Å². The quantitative estimate of drug-likeness (QED) is 0.316. The number of hydrogen-bond acceptors (Lipinski definition) is 6. The van der Waals surface area contributed by atoms with Crippen LogP contribution in [0.15, 0.2) is 48.9 Å². The molecule has 1 unspecified atom stereocenters. The van der Waals surface area contributed by atoms with Gasteiger partial charge in [-0.15, -0.1) is 0 Å². The summed E-state index contributed by atoms with van der Waals surface area (Å²) in [5, 5.41) is 11.0. The molecule has 4 aromatic heterocycles. The smallest absolute Gasteiger partial charge is 0.163 e. The molecule has 1 aliphatic heterocycles. The van der Waals surface area contributed by atoms with Crippen molar-refractivity contribution in [3.63, 3.8) is 0 Å². The van der Waals surface area contributed by atoms with Crippen molar-refractivity contribution in [3.8, 4) is 11.4 Å². The summed E-state index contributed by atoms with van der Waals surface area (Å²) in [6.45, 7) is 2.14. The predicted molar refractivity (Wildman–Crippen MR) is 143 cm³/mol. The van der Waals surface area contributed by atoms with Crippen LogP contribution in [0.3, 0.4) is 0 Å². The molecule has 0 amide bonds. The second kappa shape index (κ2) is 7.71. The van der Waals surface area contributed by atoms with Gasteiger partial charge in [-0.3, -0.25) is 4.98 Å². The van der Waals surface area contributed by atoms with E-state index in [4.69, 9.17) is 9.97 Å². The summed E-state index contributed by atoms with van der Waals surface area (Å²) in [4.78, 5) is 23.1. The van der Waals surface area contributed by atoms with E-state index >= 15 is 0 Å². The Morgan fingerprint density at radius 2 is 1.89 bits per heavy atom. The molecule has 2 saturated carbocycles. The molecule has 3 aliphatic rings. The highest BCUT2D eigenvalue weighted by Crippen LogP contribution is 2.52. The number of nitrogens with one attached hydrogen (secondary N) is 3. The second-order valence-corrected chi connectivity index (χ2v) is 10.9. The van der Waals surface area contributed by atoms with Crippen LogP contribution in [0, 0.1) is 5.41 Å². The first-order chi connectivity index (χ1) is 17.8. The summed E-state index contributed by atoms with van der Waals surface area (Å²) in [6.07, 6.45) is 13.2. The number of rotatable bonds is 4. The topological polar surface area (TPSA) is 91.4 Å². The molecule has 7 nitrogen and oxygen atoms in total. The summed E-state index contributed by atoms with van der Waals surface area (Å²) in [5.74, 6) is 2.26. The lowest BCUT2D eigenvalue weighted by molar-refractivity contribution is 0.322. The summed E-state index contributed by atoms with van der Waals surface area (Å²) < 4.78 is 0. The van der Waals surface area contributed by atoms with E-state index in [-0.39, 0.29) is 0 Å². The fourth-order valence-electron chi connectivity index (χ4n) is 6.40. The van der Waals surface area contributed by atoms with Gasteiger partial charge in [-0.05, 0) is 62.3 Å². The van der Waals surface area contributed by atoms with Gasteiger partial charge in [-0.1, -0.05) is 24.6 Å². The fourth-order valence-corrected chi connectivity index (χ4v) is 6.40. The van der Waals surface area contributed by atoms with Gasteiger partial charge in [-0.25, -0.2) is 15.0 Å². The van der Waals surface area contributed by atoms with E-state index in [0.29, 0.717) is 17.4 Å². The highest BCUT2D eigenvalue weighted by Gasteiger charge is 2.50. The summed E-state index contributed by atoms with van der Waals surface area (Å²) in [7, 11) is 0. The van der Waals surface area contributed by atoms with Gasteiger partial charge in [0.15, 0.2) is 5.82 Å². The fraction of sp³-hybridized carbons (Fsp3) is 0.379. The first-order valence-electron chi connectivity index (χ1n) is 13.3. The molecule has 1 aromatic carbocycles. The number of piperidine rings is 1. The lowest BCUT2D eigenvalue weighted by atomic mass is 9.79. The lowest BCUT2D eigenvalue weighted by Gasteiger charge is -2.34. The molecule has 1 atom stereocenters. The van der Waals surface area contributed by atoms with E-state index in [2.05, 4.69) is 50.0 Å². The largest absolute Gasteiger partial charge is 0.366 e. The molecule has 1 saturated heterocycles. The molecule has 2 aliphatic carbocycles. The predicted octanol–water partition coefficient (Wildman–Crippen LogP) is 5.54. The maximum absolute atomic E-state index is 5.28. The zero-order valence-electron chi connectivity index (χ0n) is 20.2. The average Bonchev–Trinajstić information content (AvgIpc) is 3.54. The van der Waals surface area contributed by atoms with Gasteiger partial charge in [0, 0.05) is 57.6 Å². The van der Waals surface area contributed by atoms with Crippen LogP contribution in [0.1, 0.15) is 50.0 Å². The van der Waals surface area contributed by atoms with Crippen LogP contribution in [0.5, 0.6) is 0 Å². The molecule has 5 aromatic rings. The van der Waals surface area contributed by atoms with Gasteiger partial charge in [-0.2, -0.15) is 0 Å². The Balaban J connectivity index is 1.35. The maximum atomic E-state index is 5.28. The third-order valence-corrected chi connectivity index (χ3v) is 8.85. The van der Waals surface area contributed by atoms with Crippen molar-refractivity contribution in [1.82, 2.24) is 30.2 Å². The van der Waals surface area contributed by atoms with E-state index in [1.807, 2.05) is 24.5 Å². The number of benzene rings is 1. The van der Waals surface area contributed by atoms with Crippen LogP contribution in [0.2, 0.25) is 0 Å². The highest BCUT2D eigenvalue weighted by molar-refractivity contribution is 6.12. The Hall–Kier alpha value is -3.58. The average molecular weight is 476 g/mol. The molecule has 1 spiro atoms. The normalized spacial score (nSPS) is 21.3. The third-order valence-electron chi connectivity index (χ3n) is 8.85. The van der Waals surface area contributed by atoms with Crippen LogP contribution in [-0.2, 0) is 0 Å². The van der Waals surface area contributed by atoms with Crippen molar-refractivity contribution in [2.24, 2.45) is 5.41 Å². The number of aromatic amines is 1. The van der Waals surface area contributed by atoms with E-state index in [1.54, 1.807) is 0 Å². The first-order valence-corrected chi connectivity index (χ1v) is 13.3. The lowest BCUT2D eigenvalue weighted by Crippen LogP contribution is -2.45. The van der Waals surface area contributed by atoms with Crippen LogP contribution in [0.25, 0.3) is 44.2 Å². The van der Waals surface area contributed by atoms with Gasteiger partial charge >= 0.3 is 0 Å². The summed E-state index contributed by atoms with van der Waals surface area (Å²) in [5.41, 5.74) is 5.53. The number of hydrogen-bond donors (Lipinski definition) is 3. The van der Waals surface area contributed by atoms with Crippen molar-refractivity contribution < 1.29 is 0 Å². The van der Waals surface area contributed by atoms with Gasteiger partial charge in [0.05, 0.1) is 11.7 Å². The highest BCUT2D eigenvalue weighted by atomic mass is 15.1.